The Kier molecular flexibility index (Phi) is 4.42. The fraction of sp³-hybridized carbons (Fsp3) is 0.467. The highest BCUT2D eigenvalue weighted by Crippen LogP contribution is 2.29. The van der Waals surface area contributed by atoms with Crippen molar-refractivity contribution in [3.05, 3.63) is 28.8 Å². The maximum Gasteiger partial charge on any atom is 0.325 e. The third-order valence-electron chi connectivity index (χ3n) is 4.02. The first kappa shape index (κ1) is 15.6. The van der Waals surface area contributed by atoms with E-state index in [0.717, 1.165) is 0 Å². The monoisotopic (exact) mass is 310 g/mol. The molecule has 0 bridgehead atoms. The number of methoxy groups -OCH3 is 1. The normalized spacial score (nSPS) is 17.0. The average molecular weight is 311 g/mol. The summed E-state index contributed by atoms with van der Waals surface area (Å²) in [7, 11) is 1.54. The molecule has 5 nitrogen and oxygen atoms in total. The van der Waals surface area contributed by atoms with Crippen LogP contribution >= 0.6 is 11.6 Å². The van der Waals surface area contributed by atoms with Gasteiger partial charge in [0.05, 0.1) is 13.7 Å². The minimum Gasteiger partial charge on any atom is -0.496 e. The summed E-state index contributed by atoms with van der Waals surface area (Å²) < 4.78 is 5.26. The van der Waals surface area contributed by atoms with Crippen LogP contribution in [0.2, 0.25) is 5.02 Å². The number of amides is 3. The molecule has 0 spiro atoms. The lowest BCUT2D eigenvalue weighted by Crippen LogP contribution is -2.45. The zero-order valence-electron chi connectivity index (χ0n) is 12.4. The van der Waals surface area contributed by atoms with Crippen molar-refractivity contribution in [3.8, 4) is 5.75 Å². The van der Waals surface area contributed by atoms with Gasteiger partial charge < -0.3 is 10.1 Å². The van der Waals surface area contributed by atoms with Crippen LogP contribution in [0.1, 0.15) is 32.3 Å². The van der Waals surface area contributed by atoms with Gasteiger partial charge in [-0.15, -0.1) is 0 Å². The van der Waals surface area contributed by atoms with Gasteiger partial charge in [0.15, 0.2) is 0 Å². The molecule has 1 saturated heterocycles. The van der Waals surface area contributed by atoms with Crippen molar-refractivity contribution in [3.63, 3.8) is 0 Å². The predicted octanol–water partition coefficient (Wildman–Crippen LogP) is 2.96. The van der Waals surface area contributed by atoms with Crippen molar-refractivity contribution in [2.45, 2.75) is 38.8 Å². The molecule has 0 saturated carbocycles. The lowest BCUT2D eigenvalue weighted by molar-refractivity contribution is -0.132. The molecule has 1 aliphatic rings. The van der Waals surface area contributed by atoms with E-state index in [1.165, 1.54) is 4.90 Å². The Labute approximate surface area is 129 Å². The number of rotatable bonds is 5. The molecule has 2 rings (SSSR count). The Bertz CT molecular complexity index is 570. The second kappa shape index (κ2) is 5.93. The second-order valence-electron chi connectivity index (χ2n) is 5.07. The zero-order chi connectivity index (χ0) is 15.6. The largest absolute Gasteiger partial charge is 0.496 e. The molecule has 1 aliphatic heterocycles. The molecule has 1 aromatic rings. The molecule has 0 aromatic heterocycles. The van der Waals surface area contributed by atoms with Crippen LogP contribution < -0.4 is 10.1 Å². The lowest BCUT2D eigenvalue weighted by atomic mass is 9.93. The molecule has 0 atom stereocenters. The number of nitrogens with zero attached hydrogens (tertiary/aromatic N) is 1. The van der Waals surface area contributed by atoms with E-state index in [9.17, 15) is 9.59 Å². The second-order valence-corrected chi connectivity index (χ2v) is 5.50. The lowest BCUT2D eigenvalue weighted by Gasteiger charge is -2.23. The van der Waals surface area contributed by atoms with E-state index < -0.39 is 5.54 Å². The van der Waals surface area contributed by atoms with Gasteiger partial charge in [0, 0.05) is 10.6 Å². The molecule has 0 aliphatic carbocycles. The highest BCUT2D eigenvalue weighted by molar-refractivity contribution is 6.30. The Morgan fingerprint density at radius 3 is 2.48 bits per heavy atom. The van der Waals surface area contributed by atoms with E-state index in [-0.39, 0.29) is 18.5 Å². The minimum absolute atomic E-state index is 0.149. The van der Waals surface area contributed by atoms with Gasteiger partial charge in [0.25, 0.3) is 5.91 Å². The van der Waals surface area contributed by atoms with Gasteiger partial charge in [-0.3, -0.25) is 9.69 Å². The van der Waals surface area contributed by atoms with Gasteiger partial charge in [-0.05, 0) is 31.0 Å². The van der Waals surface area contributed by atoms with Crippen LogP contribution in [0.25, 0.3) is 0 Å². The minimum atomic E-state index is -0.789. The van der Waals surface area contributed by atoms with E-state index in [1.54, 1.807) is 25.3 Å². The summed E-state index contributed by atoms with van der Waals surface area (Å²) in [5, 5.41) is 3.34. The van der Waals surface area contributed by atoms with Crippen molar-refractivity contribution in [1.29, 1.82) is 0 Å². The van der Waals surface area contributed by atoms with Crippen molar-refractivity contribution >= 4 is 23.5 Å². The molecule has 0 radical (unpaired) electrons. The van der Waals surface area contributed by atoms with Crippen LogP contribution in [-0.2, 0) is 11.3 Å². The molecule has 114 valence electrons. The summed E-state index contributed by atoms with van der Waals surface area (Å²) in [5.41, 5.74) is -0.0837. The maximum atomic E-state index is 12.6. The summed E-state index contributed by atoms with van der Waals surface area (Å²) >= 11 is 5.98. The van der Waals surface area contributed by atoms with Gasteiger partial charge in [-0.25, -0.2) is 4.79 Å². The summed E-state index contributed by atoms with van der Waals surface area (Å²) in [6.45, 7) is 3.94. The van der Waals surface area contributed by atoms with Crippen LogP contribution in [0.15, 0.2) is 18.2 Å². The SMILES string of the molecule is CCC1(CC)NC(=O)N(Cc2cc(Cl)ccc2OC)C1=O. The summed E-state index contributed by atoms with van der Waals surface area (Å²) in [6, 6.07) is 4.77. The first-order valence-corrected chi connectivity index (χ1v) is 7.31. The number of imide groups is 1. The number of nitrogens with one attached hydrogen (secondary N) is 1. The Morgan fingerprint density at radius 1 is 1.29 bits per heavy atom. The van der Waals surface area contributed by atoms with Crippen molar-refractivity contribution in [2.75, 3.05) is 7.11 Å². The summed E-state index contributed by atoms with van der Waals surface area (Å²) in [5.74, 6) is 0.407. The molecule has 1 heterocycles. The van der Waals surface area contributed by atoms with Gasteiger partial charge in [0.2, 0.25) is 0 Å². The standard InChI is InChI=1S/C15H19ClN2O3/c1-4-15(5-2)13(19)18(14(20)17-15)9-10-8-11(16)6-7-12(10)21-3/h6-8H,4-5,9H2,1-3H3,(H,17,20). The number of ether oxygens (including phenoxy) is 1. The smallest absolute Gasteiger partial charge is 0.325 e. The topological polar surface area (TPSA) is 58.6 Å². The highest BCUT2D eigenvalue weighted by atomic mass is 35.5. The quantitative estimate of drug-likeness (QED) is 0.851. The number of benzene rings is 1. The van der Waals surface area contributed by atoms with Crippen molar-refractivity contribution < 1.29 is 14.3 Å². The highest BCUT2D eigenvalue weighted by Gasteiger charge is 2.48. The van der Waals surface area contributed by atoms with Crippen LogP contribution in [0.5, 0.6) is 5.75 Å². The summed E-state index contributed by atoms with van der Waals surface area (Å²) in [4.78, 5) is 25.9. The third-order valence-corrected chi connectivity index (χ3v) is 4.26. The van der Waals surface area contributed by atoms with Crippen molar-refractivity contribution in [2.24, 2.45) is 0 Å². The number of hydrogen-bond donors (Lipinski definition) is 1. The van der Waals surface area contributed by atoms with Crippen LogP contribution in [0, 0.1) is 0 Å². The molecule has 3 amide bonds. The van der Waals surface area contributed by atoms with Crippen LogP contribution in [-0.4, -0.2) is 29.5 Å². The molecule has 1 fully saturated rings. The van der Waals surface area contributed by atoms with Gasteiger partial charge in [0.1, 0.15) is 11.3 Å². The number of carbonyl (C=O) groups is 2. The molecule has 1 aromatic carbocycles. The Hall–Kier alpha value is -1.75. The van der Waals surface area contributed by atoms with E-state index >= 15 is 0 Å². The molecular formula is C15H19ClN2O3. The number of hydrogen-bond acceptors (Lipinski definition) is 3. The summed E-state index contributed by atoms with van der Waals surface area (Å²) in [6.07, 6.45) is 1.13. The van der Waals surface area contributed by atoms with E-state index in [1.807, 2.05) is 13.8 Å². The molecule has 6 heteroatoms. The fourth-order valence-corrected chi connectivity index (χ4v) is 2.78. The average Bonchev–Trinajstić information content (AvgIpc) is 2.72. The van der Waals surface area contributed by atoms with E-state index in [2.05, 4.69) is 5.32 Å². The fourth-order valence-electron chi connectivity index (χ4n) is 2.59. The molecule has 1 N–H and O–H groups in total. The first-order valence-electron chi connectivity index (χ1n) is 6.94. The van der Waals surface area contributed by atoms with Gasteiger partial charge in [-0.1, -0.05) is 25.4 Å². The van der Waals surface area contributed by atoms with Gasteiger partial charge >= 0.3 is 6.03 Å². The zero-order valence-corrected chi connectivity index (χ0v) is 13.2. The Morgan fingerprint density at radius 2 is 1.95 bits per heavy atom. The van der Waals surface area contributed by atoms with Crippen LogP contribution in [0.3, 0.4) is 0 Å². The van der Waals surface area contributed by atoms with Crippen molar-refractivity contribution in [1.82, 2.24) is 10.2 Å². The first-order chi connectivity index (χ1) is 9.97. The predicted molar refractivity (Wildman–Crippen MR) is 80.4 cm³/mol. The molecule has 0 unspecified atom stereocenters. The molecule has 21 heavy (non-hydrogen) atoms. The van der Waals surface area contributed by atoms with E-state index in [4.69, 9.17) is 16.3 Å². The number of halogens is 1. The van der Waals surface area contributed by atoms with Crippen LogP contribution in [0.4, 0.5) is 4.79 Å². The maximum absolute atomic E-state index is 12.6. The Balaban J connectivity index is 2.30. The molecular weight excluding hydrogens is 292 g/mol. The number of carbonyl (C=O) groups excluding carboxylic acids is 2. The number of urea groups is 1. The van der Waals surface area contributed by atoms with Gasteiger partial charge in [-0.2, -0.15) is 0 Å². The third kappa shape index (κ3) is 2.70. The van der Waals surface area contributed by atoms with E-state index in [0.29, 0.717) is 29.2 Å².